The van der Waals surface area contributed by atoms with Crippen LogP contribution < -0.4 is 5.73 Å². The zero-order valence-corrected chi connectivity index (χ0v) is 9.44. The first kappa shape index (κ1) is 10.6. The largest absolute Gasteiger partial charge is 0.381 e. The molecule has 2 heterocycles. The van der Waals surface area contributed by atoms with Gasteiger partial charge in [0.05, 0.1) is 18.8 Å². The van der Waals surface area contributed by atoms with Crippen molar-refractivity contribution in [3.63, 3.8) is 0 Å². The summed E-state index contributed by atoms with van der Waals surface area (Å²) in [5, 5.41) is 4.42. The Kier molecular flexibility index (Phi) is 3.07. The Bertz CT molecular complexity index is 329. The first-order valence-electron chi connectivity index (χ1n) is 5.51. The lowest BCUT2D eigenvalue weighted by molar-refractivity contribution is 0.178. The zero-order valence-electron chi connectivity index (χ0n) is 9.44. The summed E-state index contributed by atoms with van der Waals surface area (Å²) in [6.07, 6.45) is 1.08. The average molecular weight is 209 g/mol. The quantitative estimate of drug-likeness (QED) is 0.803. The second kappa shape index (κ2) is 4.33. The number of ether oxygens (including phenoxy) is 1. The van der Waals surface area contributed by atoms with Crippen molar-refractivity contribution in [2.75, 3.05) is 13.2 Å². The molecule has 0 amide bonds. The Balaban J connectivity index is 1.98. The van der Waals surface area contributed by atoms with E-state index in [4.69, 9.17) is 10.5 Å². The SMILES string of the molecule is Cc1cc(C)n(CC(N)C2CCOC2)n1. The fraction of sp³-hybridized carbons (Fsp3) is 0.727. The molecule has 1 aromatic heterocycles. The zero-order chi connectivity index (χ0) is 10.8. The number of hydrogen-bond acceptors (Lipinski definition) is 3. The molecule has 2 N–H and O–H groups in total. The summed E-state index contributed by atoms with van der Waals surface area (Å²) in [4.78, 5) is 0. The van der Waals surface area contributed by atoms with Gasteiger partial charge in [-0.25, -0.2) is 0 Å². The summed E-state index contributed by atoms with van der Waals surface area (Å²) in [6.45, 7) is 6.54. The lowest BCUT2D eigenvalue weighted by Gasteiger charge is -2.18. The van der Waals surface area contributed by atoms with Crippen molar-refractivity contribution < 1.29 is 4.74 Å². The van der Waals surface area contributed by atoms with Gasteiger partial charge in [0.1, 0.15) is 0 Å². The van der Waals surface area contributed by atoms with Gasteiger partial charge in [-0.05, 0) is 26.3 Å². The lowest BCUT2D eigenvalue weighted by atomic mass is 10.00. The van der Waals surface area contributed by atoms with Gasteiger partial charge in [-0.3, -0.25) is 4.68 Å². The van der Waals surface area contributed by atoms with Gasteiger partial charge in [0.15, 0.2) is 0 Å². The highest BCUT2D eigenvalue weighted by atomic mass is 16.5. The van der Waals surface area contributed by atoms with Gasteiger partial charge in [0.25, 0.3) is 0 Å². The topological polar surface area (TPSA) is 53.1 Å². The molecule has 1 aromatic rings. The molecule has 15 heavy (non-hydrogen) atoms. The summed E-state index contributed by atoms with van der Waals surface area (Å²) in [5.41, 5.74) is 8.39. The number of hydrogen-bond donors (Lipinski definition) is 1. The van der Waals surface area contributed by atoms with E-state index in [0.29, 0.717) is 5.92 Å². The van der Waals surface area contributed by atoms with Crippen molar-refractivity contribution >= 4 is 0 Å². The maximum atomic E-state index is 6.15. The van der Waals surface area contributed by atoms with Crippen molar-refractivity contribution in [3.05, 3.63) is 17.5 Å². The van der Waals surface area contributed by atoms with E-state index in [-0.39, 0.29) is 6.04 Å². The van der Waals surface area contributed by atoms with E-state index < -0.39 is 0 Å². The van der Waals surface area contributed by atoms with E-state index in [1.165, 1.54) is 5.69 Å². The lowest BCUT2D eigenvalue weighted by Crippen LogP contribution is -2.35. The summed E-state index contributed by atoms with van der Waals surface area (Å²) in [6, 6.07) is 2.24. The van der Waals surface area contributed by atoms with Crippen LogP contribution in [-0.4, -0.2) is 29.0 Å². The van der Waals surface area contributed by atoms with Crippen molar-refractivity contribution in [1.29, 1.82) is 0 Å². The van der Waals surface area contributed by atoms with Gasteiger partial charge in [-0.1, -0.05) is 0 Å². The molecule has 0 radical (unpaired) electrons. The third-order valence-corrected chi connectivity index (χ3v) is 3.06. The standard InChI is InChI=1S/C11H19N3O/c1-8-5-9(2)14(13-8)6-11(12)10-3-4-15-7-10/h5,10-11H,3-4,6-7,12H2,1-2H3. The second-order valence-electron chi connectivity index (χ2n) is 4.40. The second-order valence-corrected chi connectivity index (χ2v) is 4.40. The molecule has 4 nitrogen and oxygen atoms in total. The van der Waals surface area contributed by atoms with Crippen LogP contribution in [0.25, 0.3) is 0 Å². The molecule has 2 unspecified atom stereocenters. The Morgan fingerprint density at radius 3 is 3.00 bits per heavy atom. The minimum absolute atomic E-state index is 0.158. The van der Waals surface area contributed by atoms with Gasteiger partial charge < -0.3 is 10.5 Å². The Morgan fingerprint density at radius 2 is 2.47 bits per heavy atom. The molecule has 1 fully saturated rings. The minimum atomic E-state index is 0.158. The average Bonchev–Trinajstić information content (AvgIpc) is 2.76. The molecule has 4 heteroatoms. The highest BCUT2D eigenvalue weighted by Gasteiger charge is 2.23. The maximum Gasteiger partial charge on any atom is 0.0596 e. The van der Waals surface area contributed by atoms with Crippen molar-refractivity contribution in [2.45, 2.75) is 32.9 Å². The van der Waals surface area contributed by atoms with Crippen molar-refractivity contribution in [2.24, 2.45) is 11.7 Å². The van der Waals surface area contributed by atoms with Gasteiger partial charge in [-0.2, -0.15) is 5.10 Å². The molecular formula is C11H19N3O. The Hall–Kier alpha value is -0.870. The Labute approximate surface area is 90.4 Å². The summed E-state index contributed by atoms with van der Waals surface area (Å²) in [5.74, 6) is 0.494. The molecule has 1 aliphatic heterocycles. The number of aryl methyl sites for hydroxylation is 2. The highest BCUT2D eigenvalue weighted by molar-refractivity contribution is 5.06. The minimum Gasteiger partial charge on any atom is -0.381 e. The van der Waals surface area contributed by atoms with Crippen molar-refractivity contribution in [3.8, 4) is 0 Å². The van der Waals surface area contributed by atoms with Crippen LogP contribution in [0, 0.1) is 19.8 Å². The van der Waals surface area contributed by atoms with E-state index in [1.807, 2.05) is 11.6 Å². The number of nitrogens with two attached hydrogens (primary N) is 1. The third-order valence-electron chi connectivity index (χ3n) is 3.06. The fourth-order valence-corrected chi connectivity index (χ4v) is 2.10. The van der Waals surface area contributed by atoms with Crippen molar-refractivity contribution in [1.82, 2.24) is 9.78 Å². The number of aromatic nitrogens is 2. The smallest absolute Gasteiger partial charge is 0.0596 e. The summed E-state index contributed by atoms with van der Waals surface area (Å²) >= 11 is 0. The molecule has 2 rings (SSSR count). The molecular weight excluding hydrogens is 190 g/mol. The van der Waals surface area contributed by atoms with E-state index in [9.17, 15) is 0 Å². The first-order chi connectivity index (χ1) is 7.16. The molecule has 0 aliphatic carbocycles. The Morgan fingerprint density at radius 1 is 1.67 bits per heavy atom. The van der Waals surface area contributed by atoms with Crippen LogP contribution in [0.3, 0.4) is 0 Å². The van der Waals surface area contributed by atoms with Gasteiger partial charge in [-0.15, -0.1) is 0 Å². The molecule has 1 saturated heterocycles. The van der Waals surface area contributed by atoms with E-state index in [1.54, 1.807) is 0 Å². The van der Waals surface area contributed by atoms with Crippen LogP contribution in [0.4, 0.5) is 0 Å². The molecule has 0 spiro atoms. The number of rotatable bonds is 3. The van der Waals surface area contributed by atoms with Gasteiger partial charge >= 0.3 is 0 Å². The molecule has 1 aliphatic rings. The normalized spacial score (nSPS) is 23.3. The van der Waals surface area contributed by atoms with Gasteiger partial charge in [0.2, 0.25) is 0 Å². The van der Waals surface area contributed by atoms with Crippen LogP contribution >= 0.6 is 0 Å². The highest BCUT2D eigenvalue weighted by Crippen LogP contribution is 2.17. The van der Waals surface area contributed by atoms with Crippen LogP contribution in [0.15, 0.2) is 6.07 Å². The maximum absolute atomic E-state index is 6.15. The predicted octanol–water partition coefficient (Wildman–Crippen LogP) is 0.864. The third kappa shape index (κ3) is 2.38. The fourth-order valence-electron chi connectivity index (χ4n) is 2.10. The molecule has 84 valence electrons. The summed E-state index contributed by atoms with van der Waals surface area (Å²) < 4.78 is 7.34. The van der Waals surface area contributed by atoms with E-state index in [0.717, 1.165) is 31.9 Å². The van der Waals surface area contributed by atoms with Crippen LogP contribution in [-0.2, 0) is 11.3 Å². The van der Waals surface area contributed by atoms with Crippen LogP contribution in [0.5, 0.6) is 0 Å². The molecule has 0 saturated carbocycles. The predicted molar refractivity (Wildman–Crippen MR) is 58.6 cm³/mol. The van der Waals surface area contributed by atoms with E-state index >= 15 is 0 Å². The monoisotopic (exact) mass is 209 g/mol. The van der Waals surface area contributed by atoms with Gasteiger partial charge in [0, 0.05) is 24.3 Å². The number of nitrogens with zero attached hydrogens (tertiary/aromatic N) is 2. The molecule has 0 bridgehead atoms. The summed E-state index contributed by atoms with van der Waals surface area (Å²) in [7, 11) is 0. The molecule has 2 atom stereocenters. The van der Waals surface area contributed by atoms with E-state index in [2.05, 4.69) is 18.1 Å². The first-order valence-corrected chi connectivity index (χ1v) is 5.51. The van der Waals surface area contributed by atoms with Crippen LogP contribution in [0.1, 0.15) is 17.8 Å². The van der Waals surface area contributed by atoms with Crippen LogP contribution in [0.2, 0.25) is 0 Å². The molecule has 0 aromatic carbocycles.